The Bertz CT molecular complexity index is 254. The fraction of sp³-hybridized carbons (Fsp3) is 0.333. The number of hydrogen-bond donors (Lipinski definition) is 1. The molecule has 64 valence electrons. The quantitative estimate of drug-likeness (QED) is 0.730. The molecule has 3 heteroatoms. The first-order valence-corrected chi connectivity index (χ1v) is 5.49. The van der Waals surface area contributed by atoms with E-state index in [1.807, 2.05) is 23.9 Å². The van der Waals surface area contributed by atoms with Gasteiger partial charge in [-0.05, 0) is 12.1 Å². The van der Waals surface area contributed by atoms with Crippen LogP contribution in [0.4, 0.5) is 0 Å². The molecule has 1 nitrogen and oxygen atoms in total. The molecule has 1 heterocycles. The standard InChI is InChI=1S/C9H10ClNS/c10-8-3-1-7(2-4-8)9-11-5-6-12-9/h1-4,9,11H,5-6H2/p+1/t9-/m0/s1. The fourth-order valence-electron chi connectivity index (χ4n) is 1.37. The normalized spacial score (nSPS) is 22.9. The van der Waals surface area contributed by atoms with E-state index in [1.54, 1.807) is 0 Å². The monoisotopic (exact) mass is 200 g/mol. The highest BCUT2D eigenvalue weighted by molar-refractivity contribution is 7.99. The number of rotatable bonds is 1. The zero-order valence-corrected chi connectivity index (χ0v) is 8.24. The van der Waals surface area contributed by atoms with E-state index in [0.29, 0.717) is 5.37 Å². The Balaban J connectivity index is 2.17. The molecule has 1 aromatic carbocycles. The molecular formula is C9H11ClNS+. The van der Waals surface area contributed by atoms with Crippen molar-refractivity contribution in [3.05, 3.63) is 34.9 Å². The van der Waals surface area contributed by atoms with Gasteiger partial charge >= 0.3 is 0 Å². The summed E-state index contributed by atoms with van der Waals surface area (Å²) in [5.41, 5.74) is 1.38. The van der Waals surface area contributed by atoms with E-state index in [9.17, 15) is 0 Å². The maximum Gasteiger partial charge on any atom is 0.159 e. The molecule has 1 atom stereocenters. The van der Waals surface area contributed by atoms with Crippen LogP contribution in [0.1, 0.15) is 10.9 Å². The Morgan fingerprint density at radius 1 is 1.33 bits per heavy atom. The first-order valence-electron chi connectivity index (χ1n) is 4.06. The lowest BCUT2D eigenvalue weighted by Crippen LogP contribution is -2.81. The van der Waals surface area contributed by atoms with E-state index < -0.39 is 0 Å². The molecule has 0 radical (unpaired) electrons. The van der Waals surface area contributed by atoms with Crippen LogP contribution in [0.25, 0.3) is 0 Å². The molecule has 0 aromatic heterocycles. The largest absolute Gasteiger partial charge is 0.331 e. The predicted octanol–water partition coefficient (Wildman–Crippen LogP) is 1.65. The topological polar surface area (TPSA) is 16.6 Å². The second-order valence-corrected chi connectivity index (χ2v) is 4.55. The number of hydrogen-bond acceptors (Lipinski definition) is 1. The van der Waals surface area contributed by atoms with Crippen molar-refractivity contribution in [2.24, 2.45) is 0 Å². The van der Waals surface area contributed by atoms with Crippen LogP contribution in [0.2, 0.25) is 5.02 Å². The highest BCUT2D eigenvalue weighted by atomic mass is 35.5. The van der Waals surface area contributed by atoms with Gasteiger partial charge in [-0.15, -0.1) is 0 Å². The summed E-state index contributed by atoms with van der Waals surface area (Å²) in [6, 6.07) is 8.15. The Kier molecular flexibility index (Phi) is 2.59. The summed E-state index contributed by atoms with van der Waals surface area (Å²) >= 11 is 7.80. The van der Waals surface area contributed by atoms with Crippen molar-refractivity contribution in [1.82, 2.24) is 0 Å². The van der Waals surface area contributed by atoms with Crippen LogP contribution in [0, 0.1) is 0 Å². The first-order chi connectivity index (χ1) is 5.86. The second-order valence-electron chi connectivity index (χ2n) is 2.87. The average Bonchev–Trinajstić information content (AvgIpc) is 2.58. The maximum absolute atomic E-state index is 5.80. The predicted molar refractivity (Wildman–Crippen MR) is 53.4 cm³/mol. The lowest BCUT2D eigenvalue weighted by Gasteiger charge is -2.05. The van der Waals surface area contributed by atoms with Crippen molar-refractivity contribution in [3.63, 3.8) is 0 Å². The number of halogens is 1. The molecular weight excluding hydrogens is 190 g/mol. The molecule has 1 saturated heterocycles. The molecule has 0 bridgehead atoms. The molecule has 2 rings (SSSR count). The summed E-state index contributed by atoms with van der Waals surface area (Å²) in [4.78, 5) is 0. The second kappa shape index (κ2) is 3.69. The molecule has 1 aromatic rings. The number of thioether (sulfide) groups is 1. The van der Waals surface area contributed by atoms with Crippen molar-refractivity contribution in [3.8, 4) is 0 Å². The van der Waals surface area contributed by atoms with Crippen molar-refractivity contribution in [2.75, 3.05) is 12.3 Å². The molecule has 0 saturated carbocycles. The Labute approximate surface area is 81.5 Å². The van der Waals surface area contributed by atoms with E-state index in [0.717, 1.165) is 5.02 Å². The van der Waals surface area contributed by atoms with E-state index in [-0.39, 0.29) is 0 Å². The number of quaternary nitrogens is 1. The highest BCUT2D eigenvalue weighted by Gasteiger charge is 2.20. The van der Waals surface area contributed by atoms with Gasteiger partial charge in [0.05, 0.1) is 6.54 Å². The van der Waals surface area contributed by atoms with E-state index in [2.05, 4.69) is 17.4 Å². The van der Waals surface area contributed by atoms with Gasteiger partial charge in [0.2, 0.25) is 0 Å². The summed E-state index contributed by atoms with van der Waals surface area (Å²) in [5, 5.41) is 3.79. The molecule has 0 aliphatic carbocycles. The zero-order chi connectivity index (χ0) is 8.39. The smallest absolute Gasteiger partial charge is 0.159 e. The van der Waals surface area contributed by atoms with Gasteiger partial charge < -0.3 is 5.32 Å². The van der Waals surface area contributed by atoms with Gasteiger partial charge in [0.1, 0.15) is 0 Å². The Hall–Kier alpha value is -0.180. The van der Waals surface area contributed by atoms with Gasteiger partial charge in [-0.3, -0.25) is 0 Å². The summed E-state index contributed by atoms with van der Waals surface area (Å²) in [6.07, 6.45) is 0. The minimum Gasteiger partial charge on any atom is -0.331 e. The highest BCUT2D eigenvalue weighted by Crippen LogP contribution is 2.25. The number of nitrogens with two attached hydrogens (primary N) is 1. The van der Waals surface area contributed by atoms with Gasteiger partial charge in [0.15, 0.2) is 5.37 Å². The third-order valence-corrected chi connectivity index (χ3v) is 3.54. The van der Waals surface area contributed by atoms with Crippen LogP contribution in [0.5, 0.6) is 0 Å². The van der Waals surface area contributed by atoms with Gasteiger partial charge in [-0.25, -0.2) is 0 Å². The summed E-state index contributed by atoms with van der Waals surface area (Å²) in [6.45, 7) is 1.23. The van der Waals surface area contributed by atoms with Gasteiger partial charge in [-0.2, -0.15) is 0 Å². The summed E-state index contributed by atoms with van der Waals surface area (Å²) < 4.78 is 0. The van der Waals surface area contributed by atoms with Crippen LogP contribution in [-0.4, -0.2) is 12.3 Å². The van der Waals surface area contributed by atoms with E-state index in [1.165, 1.54) is 17.9 Å². The summed E-state index contributed by atoms with van der Waals surface area (Å²) in [5.74, 6) is 1.26. The SMILES string of the molecule is Clc1ccc([C@H]2[NH2+]CCS2)cc1. The summed E-state index contributed by atoms with van der Waals surface area (Å²) in [7, 11) is 0. The molecule has 2 N–H and O–H groups in total. The fourth-order valence-corrected chi connectivity index (χ4v) is 2.64. The molecule has 0 unspecified atom stereocenters. The number of benzene rings is 1. The average molecular weight is 201 g/mol. The van der Waals surface area contributed by atoms with E-state index >= 15 is 0 Å². The van der Waals surface area contributed by atoms with Crippen LogP contribution in [-0.2, 0) is 0 Å². The lowest BCUT2D eigenvalue weighted by atomic mass is 10.2. The molecule has 1 fully saturated rings. The Morgan fingerprint density at radius 3 is 2.67 bits per heavy atom. The molecule has 0 spiro atoms. The minimum atomic E-state index is 0.599. The van der Waals surface area contributed by atoms with Crippen LogP contribution < -0.4 is 5.32 Å². The first kappa shape index (κ1) is 8.42. The minimum absolute atomic E-state index is 0.599. The third kappa shape index (κ3) is 1.76. The van der Waals surface area contributed by atoms with Crippen molar-refractivity contribution in [2.45, 2.75) is 5.37 Å². The molecule has 0 amide bonds. The Morgan fingerprint density at radius 2 is 2.08 bits per heavy atom. The van der Waals surface area contributed by atoms with E-state index in [4.69, 9.17) is 11.6 Å². The van der Waals surface area contributed by atoms with Crippen LogP contribution in [0.3, 0.4) is 0 Å². The third-order valence-electron chi connectivity index (χ3n) is 1.99. The zero-order valence-electron chi connectivity index (χ0n) is 6.66. The van der Waals surface area contributed by atoms with Crippen molar-refractivity contribution >= 4 is 23.4 Å². The molecule has 1 aliphatic rings. The molecule has 1 aliphatic heterocycles. The van der Waals surface area contributed by atoms with Gasteiger partial charge in [0, 0.05) is 16.3 Å². The van der Waals surface area contributed by atoms with Crippen molar-refractivity contribution < 1.29 is 5.32 Å². The lowest BCUT2D eigenvalue weighted by molar-refractivity contribution is -0.663. The van der Waals surface area contributed by atoms with Crippen molar-refractivity contribution in [1.29, 1.82) is 0 Å². The van der Waals surface area contributed by atoms with Crippen LogP contribution in [0.15, 0.2) is 24.3 Å². The maximum atomic E-state index is 5.80. The van der Waals surface area contributed by atoms with Gasteiger partial charge in [0.25, 0.3) is 0 Å². The van der Waals surface area contributed by atoms with Crippen LogP contribution >= 0.6 is 23.4 Å². The van der Waals surface area contributed by atoms with Gasteiger partial charge in [-0.1, -0.05) is 35.5 Å². The molecule has 12 heavy (non-hydrogen) atoms.